The van der Waals surface area contributed by atoms with Gasteiger partial charge >= 0.3 is 0 Å². The van der Waals surface area contributed by atoms with E-state index in [9.17, 15) is 0 Å². The Hall–Kier alpha value is -8.72. The van der Waals surface area contributed by atoms with E-state index in [0.29, 0.717) is 0 Å². The molecule has 0 bridgehead atoms. The van der Waals surface area contributed by atoms with Crippen LogP contribution in [0, 0.1) is 0 Å². The summed E-state index contributed by atoms with van der Waals surface area (Å²) in [4.78, 5) is 4.96. The fraction of sp³-hybridized carbons (Fsp3) is 0.0154. The normalized spacial score (nSPS) is 12.9. The highest BCUT2D eigenvalue weighted by molar-refractivity contribution is 6.03. The van der Waals surface area contributed by atoms with Crippen molar-refractivity contribution >= 4 is 44.9 Å². The Morgan fingerprint density at radius 2 is 0.776 bits per heavy atom. The zero-order valence-corrected chi connectivity index (χ0v) is 36.8. The lowest BCUT2D eigenvalue weighted by Gasteiger charge is -2.45. The van der Waals surface area contributed by atoms with E-state index < -0.39 is 5.41 Å². The first kappa shape index (κ1) is 38.7. The Kier molecular flexibility index (Phi) is 9.11. The van der Waals surface area contributed by atoms with Crippen molar-refractivity contribution in [2.24, 2.45) is 0 Å². The first-order valence-electron chi connectivity index (χ1n) is 23.2. The van der Waals surface area contributed by atoms with Crippen molar-refractivity contribution in [1.29, 1.82) is 0 Å². The average molecular weight is 853 g/mol. The summed E-state index contributed by atoms with van der Waals surface area (Å²) in [5.41, 5.74) is 21.0. The van der Waals surface area contributed by atoms with Gasteiger partial charge < -0.3 is 9.80 Å². The van der Waals surface area contributed by atoms with Crippen LogP contribution in [0.25, 0.3) is 55.3 Å². The quantitative estimate of drug-likeness (QED) is 0.158. The lowest BCUT2D eigenvalue weighted by Crippen LogP contribution is -2.36. The van der Waals surface area contributed by atoms with E-state index in [1.165, 1.54) is 77.8 Å². The van der Waals surface area contributed by atoms with Crippen LogP contribution in [0.4, 0.5) is 34.1 Å². The van der Waals surface area contributed by atoms with Gasteiger partial charge in [0.2, 0.25) is 0 Å². The molecule has 0 radical (unpaired) electrons. The number of rotatable bonds is 7. The van der Waals surface area contributed by atoms with Gasteiger partial charge in [-0.3, -0.25) is 0 Å². The molecule has 1 heterocycles. The van der Waals surface area contributed by atoms with Crippen molar-refractivity contribution in [1.82, 2.24) is 0 Å². The summed E-state index contributed by atoms with van der Waals surface area (Å²) in [5.74, 6) is 0. The first-order valence-corrected chi connectivity index (χ1v) is 23.2. The zero-order valence-electron chi connectivity index (χ0n) is 36.8. The molecule has 0 aromatic heterocycles. The highest BCUT2D eigenvalue weighted by atomic mass is 15.2. The third-order valence-corrected chi connectivity index (χ3v) is 14.1. The minimum atomic E-state index is -0.586. The summed E-state index contributed by atoms with van der Waals surface area (Å²) in [6, 6.07) is 98.1. The van der Waals surface area contributed by atoms with Crippen molar-refractivity contribution in [3.63, 3.8) is 0 Å². The minimum Gasteiger partial charge on any atom is -0.310 e. The van der Waals surface area contributed by atoms with Gasteiger partial charge in [-0.1, -0.05) is 218 Å². The van der Waals surface area contributed by atoms with Crippen LogP contribution in [0.5, 0.6) is 0 Å². The summed E-state index contributed by atoms with van der Waals surface area (Å²) in [7, 11) is 0. The molecule has 0 N–H and O–H groups in total. The zero-order chi connectivity index (χ0) is 44.3. The maximum Gasteiger partial charge on any atom is 0.0755 e. The fourth-order valence-corrected chi connectivity index (χ4v) is 11.2. The van der Waals surface area contributed by atoms with Crippen molar-refractivity contribution in [3.8, 4) is 44.5 Å². The van der Waals surface area contributed by atoms with E-state index in [0.717, 1.165) is 33.9 Å². The highest BCUT2D eigenvalue weighted by Gasteiger charge is 2.52. The monoisotopic (exact) mass is 852 g/mol. The molecule has 0 amide bonds. The van der Waals surface area contributed by atoms with Gasteiger partial charge in [0.1, 0.15) is 0 Å². The molecule has 2 heteroatoms. The summed E-state index contributed by atoms with van der Waals surface area (Å²) in [6.45, 7) is 0. The number of para-hydroxylation sites is 4. The second-order valence-electron chi connectivity index (χ2n) is 17.6. The van der Waals surface area contributed by atoms with E-state index in [1.807, 2.05) is 0 Å². The van der Waals surface area contributed by atoms with Crippen LogP contribution >= 0.6 is 0 Å². The van der Waals surface area contributed by atoms with E-state index in [2.05, 4.69) is 277 Å². The topological polar surface area (TPSA) is 6.48 Å². The predicted octanol–water partition coefficient (Wildman–Crippen LogP) is 17.5. The molecule has 0 atom stereocenters. The van der Waals surface area contributed by atoms with Crippen LogP contribution in [0.1, 0.15) is 22.3 Å². The first-order chi connectivity index (χ1) is 33.3. The molecule has 0 saturated heterocycles. The Labute approximate surface area is 391 Å². The summed E-state index contributed by atoms with van der Waals surface area (Å²) < 4.78 is 0. The second kappa shape index (κ2) is 15.8. The maximum absolute atomic E-state index is 2.51. The van der Waals surface area contributed by atoms with Gasteiger partial charge in [-0.2, -0.15) is 0 Å². The number of fused-ring (bicyclic) bond motifs is 10. The van der Waals surface area contributed by atoms with Gasteiger partial charge in [0.05, 0.1) is 28.2 Å². The molecular formula is C65H44N2. The Balaban J connectivity index is 1.06. The molecule has 0 unspecified atom stereocenters. The molecule has 314 valence electrons. The third kappa shape index (κ3) is 6.04. The molecule has 1 aliphatic carbocycles. The van der Waals surface area contributed by atoms with Gasteiger partial charge in [-0.25, -0.2) is 0 Å². The summed E-state index contributed by atoms with van der Waals surface area (Å²) >= 11 is 0. The molecule has 13 rings (SSSR count). The fourth-order valence-electron chi connectivity index (χ4n) is 11.2. The van der Waals surface area contributed by atoms with Gasteiger partial charge in [0.15, 0.2) is 0 Å². The molecule has 0 fully saturated rings. The van der Waals surface area contributed by atoms with Gasteiger partial charge in [0, 0.05) is 22.5 Å². The Morgan fingerprint density at radius 1 is 0.299 bits per heavy atom. The summed E-state index contributed by atoms with van der Waals surface area (Å²) in [6.07, 6.45) is 0. The standard InChI is InChI=1S/C65H44N2/c1-3-19-45(20-4-1)46-37-39-49(40-38-46)54-26-10-14-33-60(54)66(51-43-41-48(42-44-51)53-28-17-22-47-21-7-8-25-52(47)53)63-36-18-32-59-64(63)55-27-9-11-29-56(55)65(59)57-30-12-15-34-61(57)67(50-23-5-2-6-24-50)62-35-16-13-31-58(62)65/h1-44H. The van der Waals surface area contributed by atoms with E-state index >= 15 is 0 Å². The van der Waals surface area contributed by atoms with Crippen LogP contribution in [0.2, 0.25) is 0 Å². The SMILES string of the molecule is c1ccc(-c2ccc(-c3ccccc3N(c3ccc(-c4cccc5ccccc45)cc3)c3cccc4c3-c3ccccc3C43c4ccccc4N(c4ccccc4)c4ccccc43)cc2)cc1. The predicted molar refractivity (Wildman–Crippen MR) is 280 cm³/mol. The Morgan fingerprint density at radius 3 is 1.52 bits per heavy atom. The van der Waals surface area contributed by atoms with Crippen LogP contribution in [-0.4, -0.2) is 0 Å². The largest absolute Gasteiger partial charge is 0.310 e. The molecule has 2 nitrogen and oxygen atoms in total. The smallest absolute Gasteiger partial charge is 0.0755 e. The lowest BCUT2D eigenvalue weighted by atomic mass is 9.64. The van der Waals surface area contributed by atoms with Crippen LogP contribution in [0.15, 0.2) is 267 Å². The van der Waals surface area contributed by atoms with Crippen molar-refractivity contribution in [3.05, 3.63) is 289 Å². The summed E-state index contributed by atoms with van der Waals surface area (Å²) in [5, 5.41) is 2.49. The molecule has 67 heavy (non-hydrogen) atoms. The van der Waals surface area contributed by atoms with Crippen LogP contribution < -0.4 is 9.80 Å². The molecule has 11 aromatic carbocycles. The Bertz CT molecular complexity index is 3580. The third-order valence-electron chi connectivity index (χ3n) is 14.1. The van der Waals surface area contributed by atoms with Crippen LogP contribution in [-0.2, 0) is 5.41 Å². The molecule has 11 aromatic rings. The maximum atomic E-state index is 2.51. The van der Waals surface area contributed by atoms with E-state index in [1.54, 1.807) is 0 Å². The number of nitrogens with zero attached hydrogens (tertiary/aromatic N) is 2. The highest BCUT2D eigenvalue weighted by Crippen LogP contribution is 2.65. The van der Waals surface area contributed by atoms with E-state index in [-0.39, 0.29) is 0 Å². The van der Waals surface area contributed by atoms with Gasteiger partial charge in [-0.05, 0) is 115 Å². The molecule has 1 spiro atoms. The second-order valence-corrected chi connectivity index (χ2v) is 17.6. The minimum absolute atomic E-state index is 0.586. The van der Waals surface area contributed by atoms with Crippen molar-refractivity contribution in [2.75, 3.05) is 9.80 Å². The van der Waals surface area contributed by atoms with Gasteiger partial charge in [-0.15, -0.1) is 0 Å². The number of hydrogen-bond donors (Lipinski definition) is 0. The molecule has 1 aliphatic heterocycles. The average Bonchev–Trinajstić information content (AvgIpc) is 3.71. The number of anilines is 6. The van der Waals surface area contributed by atoms with Gasteiger partial charge in [0.25, 0.3) is 0 Å². The van der Waals surface area contributed by atoms with Crippen LogP contribution in [0.3, 0.4) is 0 Å². The molecular weight excluding hydrogens is 809 g/mol. The lowest BCUT2D eigenvalue weighted by molar-refractivity contribution is 0.752. The van der Waals surface area contributed by atoms with E-state index in [4.69, 9.17) is 0 Å². The molecule has 2 aliphatic rings. The number of benzene rings is 11. The molecule has 0 saturated carbocycles. The number of hydrogen-bond acceptors (Lipinski definition) is 2. The van der Waals surface area contributed by atoms with Crippen molar-refractivity contribution in [2.45, 2.75) is 5.41 Å². The van der Waals surface area contributed by atoms with Crippen molar-refractivity contribution < 1.29 is 0 Å².